The lowest BCUT2D eigenvalue weighted by atomic mass is 9.87. The average molecular weight is 195 g/mol. The van der Waals surface area contributed by atoms with Crippen molar-refractivity contribution in [3.05, 3.63) is 0 Å². The predicted octanol–water partition coefficient (Wildman–Crippen LogP) is 2.18. The zero-order chi connectivity index (χ0) is 9.43. The summed E-state index contributed by atoms with van der Waals surface area (Å²) in [6.07, 6.45) is 10.3. The van der Waals surface area contributed by atoms with Crippen molar-refractivity contribution >= 4 is 0 Å². The molecule has 1 aliphatic carbocycles. The Morgan fingerprint density at radius 1 is 1.14 bits per heavy atom. The highest BCUT2D eigenvalue weighted by atomic mass is 16.6. The smallest absolute Gasteiger partial charge is 0.0960 e. The van der Waals surface area contributed by atoms with Gasteiger partial charge in [-0.1, -0.05) is 12.8 Å². The number of nitrogens with zero attached hydrogens (tertiary/aromatic N) is 1. The number of fused-ring (bicyclic) bond motifs is 1. The molecule has 0 amide bonds. The first-order chi connectivity index (χ1) is 6.89. The van der Waals surface area contributed by atoms with E-state index in [1.165, 1.54) is 64.6 Å². The van der Waals surface area contributed by atoms with Gasteiger partial charge in [-0.3, -0.25) is 0 Å². The molecule has 0 bridgehead atoms. The maximum absolute atomic E-state index is 5.90. The standard InChI is InChI=1S/C12H21NO/c1-2-6-12(11(5-1)14-12)7-10-13-8-3-4-9-13/h11H,1-10H2. The van der Waals surface area contributed by atoms with Gasteiger partial charge in [0.2, 0.25) is 0 Å². The summed E-state index contributed by atoms with van der Waals surface area (Å²) >= 11 is 0. The van der Waals surface area contributed by atoms with Gasteiger partial charge in [0, 0.05) is 6.54 Å². The number of hydrogen-bond donors (Lipinski definition) is 0. The fourth-order valence-corrected chi connectivity index (χ4v) is 3.24. The summed E-state index contributed by atoms with van der Waals surface area (Å²) in [4.78, 5) is 2.61. The Balaban J connectivity index is 1.48. The molecule has 0 radical (unpaired) electrons. The fourth-order valence-electron chi connectivity index (χ4n) is 3.24. The fraction of sp³-hybridized carbons (Fsp3) is 1.00. The van der Waals surface area contributed by atoms with Crippen LogP contribution in [0.5, 0.6) is 0 Å². The summed E-state index contributed by atoms with van der Waals surface area (Å²) in [7, 11) is 0. The lowest BCUT2D eigenvalue weighted by Crippen LogP contribution is -2.28. The van der Waals surface area contributed by atoms with Gasteiger partial charge in [-0.25, -0.2) is 0 Å². The van der Waals surface area contributed by atoms with Crippen molar-refractivity contribution in [2.75, 3.05) is 19.6 Å². The Morgan fingerprint density at radius 2 is 2.00 bits per heavy atom. The van der Waals surface area contributed by atoms with Gasteiger partial charge in [-0.15, -0.1) is 0 Å². The third kappa shape index (κ3) is 1.59. The molecular formula is C12H21NO. The Hall–Kier alpha value is -0.0800. The molecule has 0 N–H and O–H groups in total. The molecule has 3 fully saturated rings. The minimum absolute atomic E-state index is 0.362. The van der Waals surface area contributed by atoms with E-state index in [2.05, 4.69) is 4.90 Å². The minimum Gasteiger partial charge on any atom is -0.366 e. The molecule has 2 heteroatoms. The van der Waals surface area contributed by atoms with Crippen molar-refractivity contribution < 1.29 is 4.74 Å². The summed E-state index contributed by atoms with van der Waals surface area (Å²) < 4.78 is 5.90. The number of likely N-dealkylation sites (tertiary alicyclic amines) is 1. The maximum atomic E-state index is 5.90. The summed E-state index contributed by atoms with van der Waals surface area (Å²) in [5.74, 6) is 0. The van der Waals surface area contributed by atoms with Crippen LogP contribution in [0.15, 0.2) is 0 Å². The van der Waals surface area contributed by atoms with Crippen molar-refractivity contribution in [3.8, 4) is 0 Å². The molecule has 0 spiro atoms. The van der Waals surface area contributed by atoms with Crippen molar-refractivity contribution in [3.63, 3.8) is 0 Å². The summed E-state index contributed by atoms with van der Waals surface area (Å²) in [5, 5.41) is 0. The average Bonchev–Trinajstić information content (AvgIpc) is 2.71. The molecule has 3 rings (SSSR count). The van der Waals surface area contributed by atoms with E-state index in [-0.39, 0.29) is 0 Å². The highest BCUT2D eigenvalue weighted by molar-refractivity contribution is 5.05. The van der Waals surface area contributed by atoms with Gasteiger partial charge in [-0.2, -0.15) is 0 Å². The second-order valence-corrected chi connectivity index (χ2v) is 5.22. The van der Waals surface area contributed by atoms with Gasteiger partial charge in [0.05, 0.1) is 11.7 Å². The molecule has 2 aliphatic heterocycles. The third-order valence-electron chi connectivity index (χ3n) is 4.27. The lowest BCUT2D eigenvalue weighted by Gasteiger charge is -2.21. The van der Waals surface area contributed by atoms with Crippen LogP contribution < -0.4 is 0 Å². The van der Waals surface area contributed by atoms with E-state index >= 15 is 0 Å². The highest BCUT2D eigenvalue weighted by Crippen LogP contribution is 2.50. The molecule has 2 heterocycles. The summed E-state index contributed by atoms with van der Waals surface area (Å²) in [6, 6.07) is 0. The Bertz CT molecular complexity index is 212. The number of hydrogen-bond acceptors (Lipinski definition) is 2. The minimum atomic E-state index is 0.362. The van der Waals surface area contributed by atoms with Crippen LogP contribution in [0.3, 0.4) is 0 Å². The zero-order valence-corrected chi connectivity index (χ0v) is 9.00. The molecule has 0 aromatic heterocycles. The molecular weight excluding hydrogens is 174 g/mol. The first-order valence-electron chi connectivity index (χ1n) is 6.29. The molecule has 14 heavy (non-hydrogen) atoms. The largest absolute Gasteiger partial charge is 0.366 e. The zero-order valence-electron chi connectivity index (χ0n) is 9.00. The van der Waals surface area contributed by atoms with Crippen molar-refractivity contribution in [2.24, 2.45) is 0 Å². The first-order valence-corrected chi connectivity index (χ1v) is 6.29. The van der Waals surface area contributed by atoms with E-state index in [0.29, 0.717) is 11.7 Å². The normalized spacial score (nSPS) is 42.4. The van der Waals surface area contributed by atoms with Gasteiger partial charge in [0.25, 0.3) is 0 Å². The maximum Gasteiger partial charge on any atom is 0.0960 e. The van der Waals surface area contributed by atoms with Gasteiger partial charge in [0.1, 0.15) is 0 Å². The molecule has 0 aromatic carbocycles. The van der Waals surface area contributed by atoms with E-state index in [0.717, 1.165) is 0 Å². The van der Waals surface area contributed by atoms with Gasteiger partial charge in [-0.05, 0) is 45.2 Å². The Morgan fingerprint density at radius 3 is 2.79 bits per heavy atom. The van der Waals surface area contributed by atoms with Crippen LogP contribution in [-0.4, -0.2) is 36.2 Å². The van der Waals surface area contributed by atoms with Crippen molar-refractivity contribution in [1.82, 2.24) is 4.90 Å². The molecule has 80 valence electrons. The van der Waals surface area contributed by atoms with Gasteiger partial charge < -0.3 is 9.64 Å². The molecule has 2 atom stereocenters. The summed E-state index contributed by atoms with van der Waals surface area (Å²) in [5.41, 5.74) is 0.362. The number of rotatable bonds is 3. The second kappa shape index (κ2) is 3.49. The van der Waals surface area contributed by atoms with E-state index in [9.17, 15) is 0 Å². The van der Waals surface area contributed by atoms with Crippen molar-refractivity contribution in [2.45, 2.75) is 56.7 Å². The second-order valence-electron chi connectivity index (χ2n) is 5.22. The van der Waals surface area contributed by atoms with E-state index < -0.39 is 0 Å². The van der Waals surface area contributed by atoms with Crippen LogP contribution in [0.4, 0.5) is 0 Å². The summed E-state index contributed by atoms with van der Waals surface area (Å²) in [6.45, 7) is 3.96. The molecule has 2 unspecified atom stereocenters. The van der Waals surface area contributed by atoms with Crippen LogP contribution in [0, 0.1) is 0 Å². The number of epoxide rings is 1. The molecule has 3 aliphatic rings. The SMILES string of the molecule is C1CCC2(CCN3CCCC3)OC2C1. The van der Waals surface area contributed by atoms with Crippen LogP contribution in [0.25, 0.3) is 0 Å². The third-order valence-corrected chi connectivity index (χ3v) is 4.27. The van der Waals surface area contributed by atoms with Crippen molar-refractivity contribution in [1.29, 1.82) is 0 Å². The highest BCUT2D eigenvalue weighted by Gasteiger charge is 2.56. The number of ether oxygens (including phenoxy) is 1. The first kappa shape index (κ1) is 9.17. The molecule has 0 aromatic rings. The Kier molecular flexibility index (Phi) is 2.29. The van der Waals surface area contributed by atoms with Crippen LogP contribution >= 0.6 is 0 Å². The molecule has 1 saturated carbocycles. The van der Waals surface area contributed by atoms with Crippen LogP contribution in [0.1, 0.15) is 44.9 Å². The predicted molar refractivity (Wildman–Crippen MR) is 56.4 cm³/mol. The molecule has 2 nitrogen and oxygen atoms in total. The topological polar surface area (TPSA) is 15.8 Å². The molecule has 2 saturated heterocycles. The van der Waals surface area contributed by atoms with E-state index in [1.807, 2.05) is 0 Å². The lowest BCUT2D eigenvalue weighted by molar-refractivity contribution is 0.231. The quantitative estimate of drug-likeness (QED) is 0.642. The van der Waals surface area contributed by atoms with Crippen LogP contribution in [0.2, 0.25) is 0 Å². The van der Waals surface area contributed by atoms with Crippen LogP contribution in [-0.2, 0) is 4.74 Å². The van der Waals surface area contributed by atoms with E-state index in [1.54, 1.807) is 0 Å². The van der Waals surface area contributed by atoms with E-state index in [4.69, 9.17) is 4.74 Å². The Labute approximate surface area is 86.6 Å². The van der Waals surface area contributed by atoms with Gasteiger partial charge in [0.15, 0.2) is 0 Å². The monoisotopic (exact) mass is 195 g/mol. The van der Waals surface area contributed by atoms with Gasteiger partial charge >= 0.3 is 0 Å².